The molecule has 0 saturated carbocycles. The van der Waals surface area contributed by atoms with Gasteiger partial charge in [0.2, 0.25) is 0 Å². The summed E-state index contributed by atoms with van der Waals surface area (Å²) < 4.78 is 0. The van der Waals surface area contributed by atoms with Gasteiger partial charge < -0.3 is 5.73 Å². The summed E-state index contributed by atoms with van der Waals surface area (Å²) in [5, 5.41) is 0.740. The second-order valence-electron chi connectivity index (χ2n) is 4.80. The van der Waals surface area contributed by atoms with Crippen LogP contribution in [-0.2, 0) is 6.42 Å². The molecule has 2 N–H and O–H groups in total. The van der Waals surface area contributed by atoms with Crippen LogP contribution >= 0.6 is 11.6 Å². The standard InChI is InChI=1S/C16H18ClN/c1-11-6-7-12(2)14(8-11)10-16(18)13-4-3-5-15(17)9-13/h3-9,16H,10,18H2,1-2H3. The van der Waals surface area contributed by atoms with Crippen molar-refractivity contribution in [2.24, 2.45) is 5.73 Å². The Kier molecular flexibility index (Phi) is 4.05. The molecule has 2 heteroatoms. The molecule has 0 aliphatic rings. The van der Waals surface area contributed by atoms with E-state index in [2.05, 4.69) is 32.0 Å². The van der Waals surface area contributed by atoms with Gasteiger partial charge in [-0.15, -0.1) is 0 Å². The Balaban J connectivity index is 2.21. The summed E-state index contributed by atoms with van der Waals surface area (Å²) in [5.74, 6) is 0. The molecule has 0 radical (unpaired) electrons. The number of aryl methyl sites for hydroxylation is 2. The van der Waals surface area contributed by atoms with E-state index in [1.165, 1.54) is 16.7 Å². The summed E-state index contributed by atoms with van der Waals surface area (Å²) >= 11 is 5.99. The van der Waals surface area contributed by atoms with Gasteiger partial charge in [0.1, 0.15) is 0 Å². The van der Waals surface area contributed by atoms with Crippen LogP contribution in [0, 0.1) is 13.8 Å². The van der Waals surface area contributed by atoms with Crippen molar-refractivity contribution in [1.82, 2.24) is 0 Å². The van der Waals surface area contributed by atoms with Gasteiger partial charge >= 0.3 is 0 Å². The van der Waals surface area contributed by atoms with E-state index < -0.39 is 0 Å². The Hall–Kier alpha value is -1.31. The summed E-state index contributed by atoms with van der Waals surface area (Å²) in [6, 6.07) is 14.3. The van der Waals surface area contributed by atoms with Gasteiger partial charge in [0.25, 0.3) is 0 Å². The molecular weight excluding hydrogens is 242 g/mol. The third kappa shape index (κ3) is 3.12. The van der Waals surface area contributed by atoms with Crippen LogP contribution in [0.2, 0.25) is 5.02 Å². The maximum absolute atomic E-state index is 6.26. The third-order valence-corrected chi connectivity index (χ3v) is 3.46. The van der Waals surface area contributed by atoms with Gasteiger partial charge in [-0.2, -0.15) is 0 Å². The minimum atomic E-state index is -0.0100. The number of benzene rings is 2. The zero-order valence-corrected chi connectivity index (χ0v) is 11.5. The maximum Gasteiger partial charge on any atom is 0.0409 e. The lowest BCUT2D eigenvalue weighted by Crippen LogP contribution is -2.14. The average molecular weight is 260 g/mol. The predicted octanol–water partition coefficient (Wildman–Crippen LogP) is 4.20. The summed E-state index contributed by atoms with van der Waals surface area (Å²) in [6.07, 6.45) is 0.841. The topological polar surface area (TPSA) is 26.0 Å². The van der Waals surface area contributed by atoms with E-state index in [0.29, 0.717) is 0 Å². The van der Waals surface area contributed by atoms with E-state index in [-0.39, 0.29) is 6.04 Å². The van der Waals surface area contributed by atoms with E-state index in [1.54, 1.807) is 0 Å². The van der Waals surface area contributed by atoms with Crippen molar-refractivity contribution in [3.8, 4) is 0 Å². The first-order valence-corrected chi connectivity index (χ1v) is 6.51. The fourth-order valence-corrected chi connectivity index (χ4v) is 2.31. The zero-order chi connectivity index (χ0) is 13.1. The molecule has 0 aliphatic heterocycles. The zero-order valence-electron chi connectivity index (χ0n) is 10.8. The van der Waals surface area contributed by atoms with Crippen LogP contribution in [0.15, 0.2) is 42.5 Å². The van der Waals surface area contributed by atoms with Crippen molar-refractivity contribution in [3.05, 3.63) is 69.7 Å². The molecule has 18 heavy (non-hydrogen) atoms. The smallest absolute Gasteiger partial charge is 0.0409 e. The van der Waals surface area contributed by atoms with Crippen LogP contribution in [0.5, 0.6) is 0 Å². The lowest BCUT2D eigenvalue weighted by molar-refractivity contribution is 0.718. The van der Waals surface area contributed by atoms with Gasteiger partial charge in [-0.05, 0) is 49.1 Å². The normalized spacial score (nSPS) is 12.4. The molecule has 0 fully saturated rings. The lowest BCUT2D eigenvalue weighted by Gasteiger charge is -2.14. The van der Waals surface area contributed by atoms with Crippen molar-refractivity contribution in [3.63, 3.8) is 0 Å². The second kappa shape index (κ2) is 5.55. The van der Waals surface area contributed by atoms with Gasteiger partial charge in [0, 0.05) is 11.1 Å². The van der Waals surface area contributed by atoms with E-state index in [0.717, 1.165) is 17.0 Å². The summed E-state index contributed by atoms with van der Waals surface area (Å²) in [6.45, 7) is 4.23. The molecule has 94 valence electrons. The second-order valence-corrected chi connectivity index (χ2v) is 5.23. The SMILES string of the molecule is Cc1ccc(C)c(CC(N)c2cccc(Cl)c2)c1. The van der Waals surface area contributed by atoms with Crippen molar-refractivity contribution in [2.45, 2.75) is 26.3 Å². The van der Waals surface area contributed by atoms with Crippen LogP contribution in [0.4, 0.5) is 0 Å². The number of halogens is 1. The Labute approximate surface area is 114 Å². The Morgan fingerprint density at radius 2 is 1.89 bits per heavy atom. The monoisotopic (exact) mass is 259 g/mol. The number of hydrogen-bond donors (Lipinski definition) is 1. The molecule has 0 aromatic heterocycles. The number of hydrogen-bond acceptors (Lipinski definition) is 1. The van der Waals surface area contributed by atoms with E-state index in [1.807, 2.05) is 24.3 Å². The van der Waals surface area contributed by atoms with Gasteiger partial charge in [-0.25, -0.2) is 0 Å². The summed E-state index contributed by atoms with van der Waals surface area (Å²) in [4.78, 5) is 0. The first kappa shape index (κ1) is 13.1. The third-order valence-electron chi connectivity index (χ3n) is 3.22. The highest BCUT2D eigenvalue weighted by molar-refractivity contribution is 6.30. The lowest BCUT2D eigenvalue weighted by atomic mass is 9.95. The molecule has 0 amide bonds. The van der Waals surface area contributed by atoms with Crippen molar-refractivity contribution in [1.29, 1.82) is 0 Å². The molecule has 0 heterocycles. The fourth-order valence-electron chi connectivity index (χ4n) is 2.11. The molecule has 2 aromatic carbocycles. The average Bonchev–Trinajstić information content (AvgIpc) is 2.34. The molecule has 0 saturated heterocycles. The minimum Gasteiger partial charge on any atom is -0.324 e. The van der Waals surface area contributed by atoms with Crippen molar-refractivity contribution >= 4 is 11.6 Å². The van der Waals surface area contributed by atoms with Crippen LogP contribution in [0.1, 0.15) is 28.3 Å². The van der Waals surface area contributed by atoms with Crippen LogP contribution in [0.25, 0.3) is 0 Å². The molecule has 2 rings (SSSR count). The summed E-state index contributed by atoms with van der Waals surface area (Å²) in [5.41, 5.74) is 11.2. The Morgan fingerprint density at radius 1 is 1.11 bits per heavy atom. The van der Waals surface area contributed by atoms with E-state index in [9.17, 15) is 0 Å². The molecule has 0 spiro atoms. The number of rotatable bonds is 3. The van der Waals surface area contributed by atoms with Crippen LogP contribution in [-0.4, -0.2) is 0 Å². The van der Waals surface area contributed by atoms with Gasteiger partial charge in [0.05, 0.1) is 0 Å². The van der Waals surface area contributed by atoms with Gasteiger partial charge in [-0.3, -0.25) is 0 Å². The van der Waals surface area contributed by atoms with E-state index >= 15 is 0 Å². The van der Waals surface area contributed by atoms with Gasteiger partial charge in [0.15, 0.2) is 0 Å². The highest BCUT2D eigenvalue weighted by atomic mass is 35.5. The summed E-state index contributed by atoms with van der Waals surface area (Å²) in [7, 11) is 0. The molecule has 1 nitrogen and oxygen atoms in total. The fraction of sp³-hybridized carbons (Fsp3) is 0.250. The molecule has 0 bridgehead atoms. The van der Waals surface area contributed by atoms with Crippen LogP contribution in [0.3, 0.4) is 0 Å². The number of nitrogens with two attached hydrogens (primary N) is 1. The van der Waals surface area contributed by atoms with Crippen molar-refractivity contribution < 1.29 is 0 Å². The van der Waals surface area contributed by atoms with Crippen molar-refractivity contribution in [2.75, 3.05) is 0 Å². The Morgan fingerprint density at radius 3 is 2.61 bits per heavy atom. The molecule has 1 atom stereocenters. The maximum atomic E-state index is 6.26. The highest BCUT2D eigenvalue weighted by Gasteiger charge is 2.09. The molecular formula is C16H18ClN. The first-order valence-electron chi connectivity index (χ1n) is 6.13. The molecule has 2 aromatic rings. The quantitative estimate of drug-likeness (QED) is 0.878. The first-order chi connectivity index (χ1) is 8.56. The van der Waals surface area contributed by atoms with E-state index in [4.69, 9.17) is 17.3 Å². The van der Waals surface area contributed by atoms with Gasteiger partial charge in [-0.1, -0.05) is 47.5 Å². The highest BCUT2D eigenvalue weighted by Crippen LogP contribution is 2.21. The molecule has 1 unspecified atom stereocenters. The largest absolute Gasteiger partial charge is 0.324 e. The Bertz CT molecular complexity index is 549. The van der Waals surface area contributed by atoms with Crippen LogP contribution < -0.4 is 5.73 Å². The minimum absolute atomic E-state index is 0.0100. The molecule has 0 aliphatic carbocycles. The predicted molar refractivity (Wildman–Crippen MR) is 78.0 cm³/mol.